The molecule has 72 valence electrons. The molecule has 1 aliphatic rings. The van der Waals surface area contributed by atoms with E-state index in [1.807, 2.05) is 0 Å². The fourth-order valence-electron chi connectivity index (χ4n) is 1.68. The van der Waals surface area contributed by atoms with E-state index < -0.39 is 10.8 Å². The summed E-state index contributed by atoms with van der Waals surface area (Å²) in [5.41, 5.74) is 5.76. The lowest BCUT2D eigenvalue weighted by Gasteiger charge is -2.11. The fourth-order valence-corrected chi connectivity index (χ4v) is 3.47. The van der Waals surface area contributed by atoms with E-state index in [0.29, 0.717) is 17.2 Å². The van der Waals surface area contributed by atoms with Crippen molar-refractivity contribution in [3.63, 3.8) is 0 Å². The van der Waals surface area contributed by atoms with Gasteiger partial charge in [0.15, 0.2) is 0 Å². The van der Waals surface area contributed by atoms with Crippen LogP contribution < -0.4 is 5.73 Å². The zero-order valence-electron chi connectivity index (χ0n) is 7.95. The molecule has 0 saturated heterocycles. The third kappa shape index (κ3) is 2.87. The van der Waals surface area contributed by atoms with Crippen LogP contribution in [-0.2, 0) is 10.8 Å². The molecular formula is C9H19NOS. The molecule has 3 unspecified atom stereocenters. The second kappa shape index (κ2) is 4.38. The quantitative estimate of drug-likeness (QED) is 0.726. The maximum atomic E-state index is 11.7. The molecule has 3 heteroatoms. The molecule has 0 aromatic rings. The topological polar surface area (TPSA) is 43.1 Å². The lowest BCUT2D eigenvalue weighted by Crippen LogP contribution is -2.21. The summed E-state index contributed by atoms with van der Waals surface area (Å²) in [6, 6.07) is 0.311. The molecule has 1 saturated carbocycles. The molecule has 2 N–H and O–H groups in total. The smallest absolute Gasteiger partial charge is 0.0363 e. The molecule has 0 aromatic heterocycles. The SMILES string of the molecule is CC(C)CS(=O)C1CCC(N)C1. The van der Waals surface area contributed by atoms with E-state index >= 15 is 0 Å². The number of rotatable bonds is 3. The van der Waals surface area contributed by atoms with E-state index in [0.717, 1.165) is 25.0 Å². The molecule has 0 heterocycles. The van der Waals surface area contributed by atoms with Gasteiger partial charge in [-0.1, -0.05) is 13.8 Å². The van der Waals surface area contributed by atoms with E-state index in [-0.39, 0.29) is 0 Å². The van der Waals surface area contributed by atoms with Crippen LogP contribution in [0.5, 0.6) is 0 Å². The van der Waals surface area contributed by atoms with Crippen molar-refractivity contribution in [2.24, 2.45) is 11.7 Å². The van der Waals surface area contributed by atoms with Crippen molar-refractivity contribution in [1.82, 2.24) is 0 Å². The summed E-state index contributed by atoms with van der Waals surface area (Å²) >= 11 is 0. The zero-order valence-corrected chi connectivity index (χ0v) is 8.77. The monoisotopic (exact) mass is 189 g/mol. The minimum absolute atomic E-state index is 0.311. The highest BCUT2D eigenvalue weighted by atomic mass is 32.2. The van der Waals surface area contributed by atoms with Crippen molar-refractivity contribution in [1.29, 1.82) is 0 Å². The van der Waals surface area contributed by atoms with Crippen LogP contribution >= 0.6 is 0 Å². The Balaban J connectivity index is 2.33. The summed E-state index contributed by atoms with van der Waals surface area (Å²) in [7, 11) is -0.626. The molecule has 0 amide bonds. The zero-order chi connectivity index (χ0) is 9.14. The molecule has 0 bridgehead atoms. The predicted octanol–water partition coefficient (Wildman–Crippen LogP) is 1.27. The van der Waals surface area contributed by atoms with Crippen molar-refractivity contribution < 1.29 is 4.21 Å². The average molecular weight is 189 g/mol. The van der Waals surface area contributed by atoms with Crippen LogP contribution in [-0.4, -0.2) is 21.3 Å². The first kappa shape index (κ1) is 10.2. The normalized spacial score (nSPS) is 32.7. The van der Waals surface area contributed by atoms with Gasteiger partial charge < -0.3 is 5.73 Å². The van der Waals surface area contributed by atoms with Crippen LogP contribution in [0.25, 0.3) is 0 Å². The molecule has 0 aliphatic heterocycles. The summed E-state index contributed by atoms with van der Waals surface area (Å²) in [5, 5.41) is 0.391. The van der Waals surface area contributed by atoms with Gasteiger partial charge in [-0.25, -0.2) is 0 Å². The third-order valence-electron chi connectivity index (χ3n) is 2.29. The van der Waals surface area contributed by atoms with Crippen LogP contribution in [0.1, 0.15) is 33.1 Å². The molecular weight excluding hydrogens is 170 g/mol. The van der Waals surface area contributed by atoms with Crippen LogP contribution in [0, 0.1) is 5.92 Å². The summed E-state index contributed by atoms with van der Waals surface area (Å²) in [4.78, 5) is 0. The molecule has 1 rings (SSSR count). The molecule has 2 nitrogen and oxygen atoms in total. The van der Waals surface area contributed by atoms with Gasteiger partial charge in [0, 0.05) is 27.8 Å². The van der Waals surface area contributed by atoms with E-state index in [2.05, 4.69) is 13.8 Å². The Bertz CT molecular complexity index is 170. The Labute approximate surface area is 77.4 Å². The number of hydrogen-bond acceptors (Lipinski definition) is 2. The second-order valence-electron chi connectivity index (χ2n) is 4.14. The first-order valence-electron chi connectivity index (χ1n) is 4.72. The van der Waals surface area contributed by atoms with E-state index in [9.17, 15) is 4.21 Å². The summed E-state index contributed by atoms with van der Waals surface area (Å²) in [6.07, 6.45) is 3.11. The van der Waals surface area contributed by atoms with E-state index in [4.69, 9.17) is 5.73 Å². The van der Waals surface area contributed by atoms with Crippen molar-refractivity contribution >= 4 is 10.8 Å². The largest absolute Gasteiger partial charge is 0.328 e. The Morgan fingerprint density at radius 2 is 2.17 bits per heavy atom. The maximum absolute atomic E-state index is 11.7. The van der Waals surface area contributed by atoms with Crippen molar-refractivity contribution in [3.05, 3.63) is 0 Å². The average Bonchev–Trinajstić information content (AvgIpc) is 2.34. The van der Waals surface area contributed by atoms with E-state index in [1.54, 1.807) is 0 Å². The van der Waals surface area contributed by atoms with Gasteiger partial charge in [-0.2, -0.15) is 0 Å². The van der Waals surface area contributed by atoms with Gasteiger partial charge in [0.05, 0.1) is 0 Å². The lowest BCUT2D eigenvalue weighted by molar-refractivity contribution is 0.647. The maximum Gasteiger partial charge on any atom is 0.0363 e. The first-order valence-corrected chi connectivity index (χ1v) is 6.10. The molecule has 0 spiro atoms. The van der Waals surface area contributed by atoms with Gasteiger partial charge in [0.2, 0.25) is 0 Å². The Kier molecular flexibility index (Phi) is 3.72. The fraction of sp³-hybridized carbons (Fsp3) is 1.00. The lowest BCUT2D eigenvalue weighted by atomic mass is 10.3. The Hall–Kier alpha value is 0.110. The highest BCUT2D eigenvalue weighted by Gasteiger charge is 2.26. The Morgan fingerprint density at radius 1 is 1.50 bits per heavy atom. The van der Waals surface area contributed by atoms with Gasteiger partial charge in [-0.05, 0) is 25.2 Å². The predicted molar refractivity (Wildman–Crippen MR) is 53.5 cm³/mol. The number of hydrogen-bond donors (Lipinski definition) is 1. The summed E-state index contributed by atoms with van der Waals surface area (Å²) in [5.74, 6) is 1.39. The van der Waals surface area contributed by atoms with Crippen molar-refractivity contribution in [2.75, 3.05) is 5.75 Å². The molecule has 0 aromatic carbocycles. The molecule has 12 heavy (non-hydrogen) atoms. The standard InChI is InChI=1S/C9H19NOS/c1-7(2)6-12(11)9-4-3-8(10)5-9/h7-9H,3-6,10H2,1-2H3. The highest BCUT2D eigenvalue weighted by molar-refractivity contribution is 7.85. The third-order valence-corrected chi connectivity index (χ3v) is 4.46. The van der Waals surface area contributed by atoms with Crippen molar-refractivity contribution in [3.8, 4) is 0 Å². The van der Waals surface area contributed by atoms with Crippen molar-refractivity contribution in [2.45, 2.75) is 44.4 Å². The number of nitrogens with two attached hydrogens (primary N) is 1. The van der Waals surface area contributed by atoms with Crippen LogP contribution in [0.4, 0.5) is 0 Å². The minimum Gasteiger partial charge on any atom is -0.328 e. The van der Waals surface area contributed by atoms with E-state index in [1.165, 1.54) is 0 Å². The molecule has 1 aliphatic carbocycles. The molecule has 0 radical (unpaired) electrons. The van der Waals surface area contributed by atoms with Gasteiger partial charge in [-0.3, -0.25) is 4.21 Å². The highest BCUT2D eigenvalue weighted by Crippen LogP contribution is 2.23. The first-order chi connectivity index (χ1) is 5.59. The minimum atomic E-state index is -0.626. The van der Waals surface area contributed by atoms with Crippen LogP contribution in [0.15, 0.2) is 0 Å². The summed E-state index contributed by atoms with van der Waals surface area (Å²) < 4.78 is 11.7. The Morgan fingerprint density at radius 3 is 2.58 bits per heavy atom. The van der Waals surface area contributed by atoms with Gasteiger partial charge in [0.1, 0.15) is 0 Å². The molecule has 1 fully saturated rings. The summed E-state index contributed by atoms with van der Waals surface area (Å²) in [6.45, 7) is 4.24. The van der Waals surface area contributed by atoms with Crippen LogP contribution in [0.2, 0.25) is 0 Å². The van der Waals surface area contributed by atoms with Gasteiger partial charge in [0.25, 0.3) is 0 Å². The van der Waals surface area contributed by atoms with Gasteiger partial charge >= 0.3 is 0 Å². The second-order valence-corrected chi connectivity index (χ2v) is 5.90. The molecule has 3 atom stereocenters. The van der Waals surface area contributed by atoms with Crippen LogP contribution in [0.3, 0.4) is 0 Å². The van der Waals surface area contributed by atoms with Gasteiger partial charge in [-0.15, -0.1) is 0 Å².